The van der Waals surface area contributed by atoms with Crippen molar-refractivity contribution < 1.29 is 0 Å². The third kappa shape index (κ3) is 1.89. The molecule has 13 heavy (non-hydrogen) atoms. The van der Waals surface area contributed by atoms with Gasteiger partial charge in [0, 0.05) is 0 Å². The van der Waals surface area contributed by atoms with Crippen molar-refractivity contribution in [1.29, 1.82) is 0 Å². The van der Waals surface area contributed by atoms with Crippen LogP contribution in [-0.2, 0) is 0 Å². The Morgan fingerprint density at radius 2 is 1.77 bits per heavy atom. The molecule has 0 heteroatoms. The van der Waals surface area contributed by atoms with Crippen molar-refractivity contribution in [2.45, 2.75) is 19.3 Å². The summed E-state index contributed by atoms with van der Waals surface area (Å²) in [6.45, 7) is 4.01. The first-order chi connectivity index (χ1) is 6.36. The van der Waals surface area contributed by atoms with Crippen molar-refractivity contribution in [3.63, 3.8) is 0 Å². The summed E-state index contributed by atoms with van der Waals surface area (Å²) < 4.78 is 0. The lowest BCUT2D eigenvalue weighted by atomic mass is 9.91. The van der Waals surface area contributed by atoms with Crippen LogP contribution in [0.5, 0.6) is 0 Å². The number of rotatable bonds is 1. The summed E-state index contributed by atoms with van der Waals surface area (Å²) in [5, 5.41) is 0. The Kier molecular flexibility index (Phi) is 2.31. The van der Waals surface area contributed by atoms with Gasteiger partial charge in [-0.2, -0.15) is 0 Å². The molecule has 1 aliphatic carbocycles. The van der Waals surface area contributed by atoms with Gasteiger partial charge in [0.25, 0.3) is 0 Å². The van der Waals surface area contributed by atoms with Crippen molar-refractivity contribution in [1.82, 2.24) is 0 Å². The molecule has 0 unspecified atom stereocenters. The summed E-state index contributed by atoms with van der Waals surface area (Å²) in [7, 11) is 0. The van der Waals surface area contributed by atoms with Crippen LogP contribution in [0.1, 0.15) is 24.8 Å². The predicted octanol–water partition coefficient (Wildman–Crippen LogP) is 3.81. The van der Waals surface area contributed by atoms with E-state index >= 15 is 0 Å². The molecule has 0 nitrogen and oxygen atoms in total. The molecule has 0 aromatic heterocycles. The summed E-state index contributed by atoms with van der Waals surface area (Å²) >= 11 is 0. The molecule has 0 atom stereocenters. The molecule has 66 valence electrons. The van der Waals surface area contributed by atoms with Gasteiger partial charge in [0.15, 0.2) is 0 Å². The van der Waals surface area contributed by atoms with Crippen LogP contribution in [0, 0.1) is 0 Å². The molecule has 0 saturated carbocycles. The normalized spacial score (nSPS) is 16.9. The maximum absolute atomic E-state index is 4.01. The fraction of sp³-hybridized carbons (Fsp3) is 0.231. The first kappa shape index (κ1) is 8.31. The monoisotopic (exact) mass is 170 g/mol. The van der Waals surface area contributed by atoms with E-state index in [4.69, 9.17) is 0 Å². The number of benzene rings is 1. The van der Waals surface area contributed by atoms with Gasteiger partial charge in [-0.15, -0.1) is 0 Å². The highest BCUT2D eigenvalue weighted by Gasteiger charge is 2.06. The lowest BCUT2D eigenvalue weighted by Gasteiger charge is -2.14. The molecule has 0 heterocycles. The van der Waals surface area contributed by atoms with Gasteiger partial charge in [0.05, 0.1) is 0 Å². The second-order valence-corrected chi connectivity index (χ2v) is 3.55. The Bertz CT molecular complexity index is 330. The standard InChI is InChI=1S/C13H14/c1-11-6-5-9-13(10-11)12-7-3-2-4-8-12/h2-4,7-8,10H,1,5-6,9H2. The van der Waals surface area contributed by atoms with E-state index in [9.17, 15) is 0 Å². The zero-order valence-corrected chi connectivity index (χ0v) is 7.79. The first-order valence-corrected chi connectivity index (χ1v) is 4.80. The zero-order chi connectivity index (χ0) is 9.10. The quantitative estimate of drug-likeness (QED) is 0.601. The van der Waals surface area contributed by atoms with Gasteiger partial charge in [-0.05, 0) is 30.4 Å². The summed E-state index contributed by atoms with van der Waals surface area (Å²) in [4.78, 5) is 0. The van der Waals surface area contributed by atoms with Crippen LogP contribution in [0.25, 0.3) is 5.57 Å². The van der Waals surface area contributed by atoms with Crippen molar-refractivity contribution in [2.24, 2.45) is 0 Å². The van der Waals surface area contributed by atoms with E-state index in [0.717, 1.165) is 6.42 Å². The van der Waals surface area contributed by atoms with Gasteiger partial charge in [-0.3, -0.25) is 0 Å². The lowest BCUT2D eigenvalue weighted by Crippen LogP contribution is -1.93. The van der Waals surface area contributed by atoms with Crippen LogP contribution in [0.3, 0.4) is 0 Å². The Morgan fingerprint density at radius 1 is 1.00 bits per heavy atom. The summed E-state index contributed by atoms with van der Waals surface area (Å²) in [5.41, 5.74) is 4.06. The highest BCUT2D eigenvalue weighted by atomic mass is 14.1. The highest BCUT2D eigenvalue weighted by Crippen LogP contribution is 2.28. The maximum atomic E-state index is 4.01. The molecule has 0 aliphatic heterocycles. The van der Waals surface area contributed by atoms with Crippen LogP contribution in [0.15, 0.2) is 48.6 Å². The minimum atomic E-state index is 1.16. The number of hydrogen-bond acceptors (Lipinski definition) is 0. The minimum Gasteiger partial charge on any atom is -0.0958 e. The Balaban J connectivity index is 2.31. The van der Waals surface area contributed by atoms with Gasteiger partial charge in [0.2, 0.25) is 0 Å². The SMILES string of the molecule is C=C1C=C(c2ccccc2)CCC1. The molecule has 0 radical (unpaired) electrons. The van der Waals surface area contributed by atoms with Crippen molar-refractivity contribution >= 4 is 5.57 Å². The third-order valence-corrected chi connectivity index (χ3v) is 2.47. The molecule has 1 aliphatic rings. The van der Waals surface area contributed by atoms with Crippen LogP contribution in [0.4, 0.5) is 0 Å². The molecule has 0 saturated heterocycles. The fourth-order valence-electron chi connectivity index (χ4n) is 1.78. The first-order valence-electron chi connectivity index (χ1n) is 4.80. The molecule has 0 N–H and O–H groups in total. The van der Waals surface area contributed by atoms with Crippen LogP contribution < -0.4 is 0 Å². The van der Waals surface area contributed by atoms with Crippen LogP contribution in [-0.4, -0.2) is 0 Å². The summed E-state index contributed by atoms with van der Waals surface area (Å²) in [6.07, 6.45) is 5.85. The molecule has 2 rings (SSSR count). The molecular formula is C13H14. The van der Waals surface area contributed by atoms with Gasteiger partial charge in [-0.1, -0.05) is 48.6 Å². The van der Waals surface area contributed by atoms with E-state index in [1.165, 1.54) is 29.6 Å². The Labute approximate surface area is 79.6 Å². The second-order valence-electron chi connectivity index (χ2n) is 3.55. The van der Waals surface area contributed by atoms with Crippen molar-refractivity contribution in [3.05, 3.63) is 54.1 Å². The van der Waals surface area contributed by atoms with E-state index in [1.807, 2.05) is 0 Å². The summed E-state index contributed by atoms with van der Waals surface area (Å²) in [5.74, 6) is 0. The van der Waals surface area contributed by atoms with Crippen molar-refractivity contribution in [2.75, 3.05) is 0 Å². The molecule has 1 aromatic carbocycles. The van der Waals surface area contributed by atoms with E-state index in [-0.39, 0.29) is 0 Å². The number of hydrogen-bond donors (Lipinski definition) is 0. The fourth-order valence-corrected chi connectivity index (χ4v) is 1.78. The molecule has 0 amide bonds. The maximum Gasteiger partial charge on any atom is -0.0224 e. The molecule has 0 bridgehead atoms. The van der Waals surface area contributed by atoms with E-state index in [0.29, 0.717) is 0 Å². The van der Waals surface area contributed by atoms with E-state index < -0.39 is 0 Å². The minimum absolute atomic E-state index is 1.16. The Morgan fingerprint density at radius 3 is 2.46 bits per heavy atom. The highest BCUT2D eigenvalue weighted by molar-refractivity contribution is 5.69. The number of allylic oxidation sites excluding steroid dienone is 3. The predicted molar refractivity (Wildman–Crippen MR) is 57.4 cm³/mol. The Hall–Kier alpha value is -1.30. The topological polar surface area (TPSA) is 0 Å². The lowest BCUT2D eigenvalue weighted by molar-refractivity contribution is 0.837. The van der Waals surface area contributed by atoms with E-state index in [1.54, 1.807) is 0 Å². The molecule has 0 fully saturated rings. The molecular weight excluding hydrogens is 156 g/mol. The van der Waals surface area contributed by atoms with Crippen LogP contribution >= 0.6 is 0 Å². The average molecular weight is 170 g/mol. The van der Waals surface area contributed by atoms with Gasteiger partial charge < -0.3 is 0 Å². The smallest absolute Gasteiger partial charge is 0.0224 e. The third-order valence-electron chi connectivity index (χ3n) is 2.47. The zero-order valence-electron chi connectivity index (χ0n) is 7.79. The van der Waals surface area contributed by atoms with Gasteiger partial charge >= 0.3 is 0 Å². The molecule has 0 spiro atoms. The average Bonchev–Trinajstić information content (AvgIpc) is 2.19. The van der Waals surface area contributed by atoms with Crippen molar-refractivity contribution in [3.8, 4) is 0 Å². The second kappa shape index (κ2) is 3.61. The van der Waals surface area contributed by atoms with E-state index in [2.05, 4.69) is 43.0 Å². The van der Waals surface area contributed by atoms with Gasteiger partial charge in [0.1, 0.15) is 0 Å². The van der Waals surface area contributed by atoms with Crippen LogP contribution in [0.2, 0.25) is 0 Å². The van der Waals surface area contributed by atoms with Gasteiger partial charge in [-0.25, -0.2) is 0 Å². The largest absolute Gasteiger partial charge is 0.0958 e. The summed E-state index contributed by atoms with van der Waals surface area (Å²) in [6, 6.07) is 10.6. The molecule has 1 aromatic rings.